The number of carbonyl (C=O) groups is 2. The quantitative estimate of drug-likeness (QED) is 0.151. The predicted molar refractivity (Wildman–Crippen MR) is 191 cm³/mol. The first-order valence-electron chi connectivity index (χ1n) is 16.5. The molecular weight excluding hydrogens is 636 g/mol. The van der Waals surface area contributed by atoms with E-state index in [0.29, 0.717) is 34.4 Å². The van der Waals surface area contributed by atoms with Gasteiger partial charge in [0.1, 0.15) is 18.2 Å². The van der Waals surface area contributed by atoms with Crippen molar-refractivity contribution in [2.75, 3.05) is 0 Å². The zero-order valence-electron chi connectivity index (χ0n) is 26.8. The third-order valence-corrected chi connectivity index (χ3v) is 9.31. The number of ether oxygens (including phenoxy) is 1. The first-order valence-corrected chi connectivity index (χ1v) is 16.9. The lowest BCUT2D eigenvalue weighted by Crippen LogP contribution is -2.23. The molecule has 49 heavy (non-hydrogen) atoms. The average Bonchev–Trinajstić information content (AvgIpc) is 3.53. The highest BCUT2D eigenvalue weighted by Gasteiger charge is 2.23. The largest absolute Gasteiger partial charge is 0.489 e. The lowest BCUT2D eigenvalue weighted by atomic mass is 9.95. The summed E-state index contributed by atoms with van der Waals surface area (Å²) in [5.74, 6) is 0.331. The zero-order valence-corrected chi connectivity index (χ0v) is 27.6. The maximum Gasteiger partial charge on any atom is 0.335 e. The monoisotopic (exact) mass is 670 g/mol. The lowest BCUT2D eigenvalue weighted by molar-refractivity contribution is 0.0696. The molecule has 1 saturated carbocycles. The number of pyridine rings is 1. The van der Waals surface area contributed by atoms with Crippen molar-refractivity contribution in [3.63, 3.8) is 0 Å². The molecule has 7 rings (SSSR count). The number of nitrogens with one attached hydrogen (secondary N) is 1. The molecule has 0 atom stereocenters. The molecule has 2 heterocycles. The number of hydrogen-bond acceptors (Lipinski definition) is 5. The number of fused-ring (bicyclic) bond motifs is 1. The molecule has 1 aliphatic carbocycles. The number of nitrogens with zero attached hydrogens (tertiary/aromatic N) is 3. The topological polar surface area (TPSA) is 106 Å². The molecule has 9 heteroatoms. The van der Waals surface area contributed by atoms with Crippen molar-refractivity contribution in [3.05, 3.63) is 137 Å². The molecule has 4 aromatic carbocycles. The van der Waals surface area contributed by atoms with Crippen molar-refractivity contribution in [3.8, 4) is 28.3 Å². The number of aromatic carboxylic acids is 1. The Morgan fingerprint density at radius 2 is 1.61 bits per heavy atom. The number of benzene rings is 4. The van der Waals surface area contributed by atoms with Crippen molar-refractivity contribution in [1.82, 2.24) is 19.9 Å². The molecular formula is C40H35ClN4O4. The molecule has 1 amide bonds. The lowest BCUT2D eigenvalue weighted by Gasteiger charge is -2.25. The summed E-state index contributed by atoms with van der Waals surface area (Å²) in [5.41, 5.74) is 6.84. The average molecular weight is 671 g/mol. The van der Waals surface area contributed by atoms with Crippen LogP contribution in [0.1, 0.15) is 70.1 Å². The van der Waals surface area contributed by atoms with E-state index in [1.54, 1.807) is 18.3 Å². The zero-order chi connectivity index (χ0) is 33.7. The molecule has 2 aromatic heterocycles. The van der Waals surface area contributed by atoms with Crippen LogP contribution >= 0.6 is 11.6 Å². The molecule has 8 nitrogen and oxygen atoms in total. The molecule has 0 saturated heterocycles. The van der Waals surface area contributed by atoms with Gasteiger partial charge in [0.2, 0.25) is 0 Å². The molecule has 0 bridgehead atoms. The van der Waals surface area contributed by atoms with Crippen molar-refractivity contribution >= 4 is 34.5 Å². The molecule has 1 fully saturated rings. The molecule has 0 aliphatic heterocycles. The van der Waals surface area contributed by atoms with Crippen molar-refractivity contribution < 1.29 is 19.4 Å². The minimum absolute atomic E-state index is 0.199. The molecule has 0 unspecified atom stereocenters. The Morgan fingerprint density at radius 1 is 0.857 bits per heavy atom. The maximum atomic E-state index is 13.1. The number of rotatable bonds is 10. The van der Waals surface area contributed by atoms with Crippen molar-refractivity contribution in [1.29, 1.82) is 0 Å². The van der Waals surface area contributed by atoms with Gasteiger partial charge in [0, 0.05) is 28.4 Å². The van der Waals surface area contributed by atoms with Gasteiger partial charge in [0.05, 0.1) is 28.8 Å². The highest BCUT2D eigenvalue weighted by atomic mass is 35.5. The molecule has 1 aliphatic rings. The van der Waals surface area contributed by atoms with Crippen LogP contribution in [0.4, 0.5) is 0 Å². The summed E-state index contributed by atoms with van der Waals surface area (Å²) < 4.78 is 8.61. The first kappa shape index (κ1) is 32.1. The second-order valence-electron chi connectivity index (χ2n) is 12.3. The van der Waals surface area contributed by atoms with E-state index in [1.807, 2.05) is 91.0 Å². The summed E-state index contributed by atoms with van der Waals surface area (Å²) in [6.45, 7) is 0.559. The summed E-state index contributed by atoms with van der Waals surface area (Å²) >= 11 is 6.17. The first-order chi connectivity index (χ1) is 23.9. The Hall–Kier alpha value is -5.47. The highest BCUT2D eigenvalue weighted by Crippen LogP contribution is 2.37. The van der Waals surface area contributed by atoms with E-state index in [4.69, 9.17) is 21.3 Å². The number of carbonyl (C=O) groups excluding carboxylic acids is 1. The second kappa shape index (κ2) is 14.3. The molecule has 2 N–H and O–H groups in total. The van der Waals surface area contributed by atoms with Gasteiger partial charge >= 0.3 is 5.97 Å². The van der Waals surface area contributed by atoms with Crippen LogP contribution in [-0.2, 0) is 13.2 Å². The van der Waals surface area contributed by atoms with Gasteiger partial charge in [0.25, 0.3) is 5.91 Å². The fraction of sp³-hybridized carbons (Fsp3) is 0.200. The normalized spacial score (nSPS) is 13.3. The van der Waals surface area contributed by atoms with Crippen LogP contribution in [0.5, 0.6) is 5.75 Å². The fourth-order valence-corrected chi connectivity index (χ4v) is 6.67. The van der Waals surface area contributed by atoms with E-state index >= 15 is 0 Å². The molecule has 0 spiro atoms. The van der Waals surface area contributed by atoms with Crippen molar-refractivity contribution in [2.45, 2.75) is 51.3 Å². The van der Waals surface area contributed by atoms with E-state index in [9.17, 15) is 14.7 Å². The number of hydrogen-bond donors (Lipinski definition) is 2. The molecule has 246 valence electrons. The van der Waals surface area contributed by atoms with Crippen molar-refractivity contribution in [2.24, 2.45) is 0 Å². The highest BCUT2D eigenvalue weighted by molar-refractivity contribution is 6.30. The fourth-order valence-electron chi connectivity index (χ4n) is 6.55. The number of halogens is 1. The van der Waals surface area contributed by atoms with Gasteiger partial charge in [-0.15, -0.1) is 0 Å². The Morgan fingerprint density at radius 3 is 2.35 bits per heavy atom. The third kappa shape index (κ3) is 7.20. The summed E-state index contributed by atoms with van der Waals surface area (Å²) in [5, 5.41) is 13.2. The van der Waals surface area contributed by atoms with Gasteiger partial charge in [-0.25, -0.2) is 9.78 Å². The van der Waals surface area contributed by atoms with Gasteiger partial charge < -0.3 is 19.7 Å². The Kier molecular flexibility index (Phi) is 9.39. The van der Waals surface area contributed by atoms with Crippen LogP contribution in [0, 0.1) is 0 Å². The van der Waals surface area contributed by atoms with Gasteiger partial charge in [0.15, 0.2) is 0 Å². The standard InChI is InChI=1S/C40H35ClN4O4/c41-31-15-9-26(10-16-31)35-19-13-28(39(46)43-24-32-6-4-5-21-42-32)22-30(35)25-49-34-17-11-27(12-18-34)38-44-36-23-29(40(47)48)14-20-37(36)45(38)33-7-2-1-3-8-33/h4-6,9-23,33H,1-3,7-8,24-25H2,(H,43,46)(H,47,48). The number of carboxylic acids is 1. The van der Waals surface area contributed by atoms with E-state index in [0.717, 1.165) is 65.0 Å². The number of imidazole rings is 1. The van der Waals surface area contributed by atoms with Crippen LogP contribution in [0.15, 0.2) is 109 Å². The predicted octanol–water partition coefficient (Wildman–Crippen LogP) is 9.13. The number of amides is 1. The summed E-state index contributed by atoms with van der Waals surface area (Å²) in [6.07, 6.45) is 7.39. The molecule has 0 radical (unpaired) electrons. The third-order valence-electron chi connectivity index (χ3n) is 9.06. The van der Waals surface area contributed by atoms with Crippen LogP contribution in [0.25, 0.3) is 33.5 Å². The van der Waals surface area contributed by atoms with Crippen LogP contribution in [-0.4, -0.2) is 31.5 Å². The Balaban J connectivity index is 1.15. The van der Waals surface area contributed by atoms with Gasteiger partial charge in [-0.2, -0.15) is 0 Å². The summed E-state index contributed by atoms with van der Waals surface area (Å²) in [4.78, 5) is 34.0. The minimum Gasteiger partial charge on any atom is -0.489 e. The van der Waals surface area contributed by atoms with Crippen LogP contribution < -0.4 is 10.1 Å². The maximum absolute atomic E-state index is 13.1. The SMILES string of the molecule is O=C(O)c1ccc2c(c1)nc(-c1ccc(OCc3cc(C(=O)NCc4ccccn4)ccc3-c3ccc(Cl)cc3)cc1)n2C1CCCCC1. The Bertz CT molecular complexity index is 2110. The van der Waals surface area contributed by atoms with Crippen LogP contribution in [0.2, 0.25) is 5.02 Å². The van der Waals surface area contributed by atoms with Gasteiger partial charge in [-0.1, -0.05) is 55.1 Å². The van der Waals surface area contributed by atoms with E-state index < -0.39 is 5.97 Å². The van der Waals surface area contributed by atoms with E-state index in [2.05, 4.69) is 14.9 Å². The molecule has 6 aromatic rings. The summed E-state index contributed by atoms with van der Waals surface area (Å²) in [7, 11) is 0. The Labute approximate surface area is 289 Å². The van der Waals surface area contributed by atoms with Gasteiger partial charge in [-0.05, 0) is 108 Å². The van der Waals surface area contributed by atoms with Gasteiger partial charge in [-0.3, -0.25) is 9.78 Å². The van der Waals surface area contributed by atoms with E-state index in [-0.39, 0.29) is 18.1 Å². The summed E-state index contributed by atoms with van der Waals surface area (Å²) in [6, 6.07) is 32.1. The minimum atomic E-state index is -0.966. The number of aromatic nitrogens is 3. The smallest absolute Gasteiger partial charge is 0.335 e. The van der Waals surface area contributed by atoms with E-state index in [1.165, 1.54) is 6.42 Å². The second-order valence-corrected chi connectivity index (χ2v) is 12.7. The number of carboxylic acid groups (broad SMARTS) is 1. The van der Waals surface area contributed by atoms with Crippen LogP contribution in [0.3, 0.4) is 0 Å².